The summed E-state index contributed by atoms with van der Waals surface area (Å²) in [5, 5.41) is 11.6. The van der Waals surface area contributed by atoms with E-state index in [2.05, 4.69) is 5.32 Å². The number of hydrogen-bond donors (Lipinski definition) is 2. The Morgan fingerprint density at radius 2 is 1.77 bits per heavy atom. The molecule has 1 unspecified atom stereocenters. The summed E-state index contributed by atoms with van der Waals surface area (Å²) >= 11 is 0. The van der Waals surface area contributed by atoms with Crippen molar-refractivity contribution in [3.8, 4) is 5.75 Å². The molecule has 26 heavy (non-hydrogen) atoms. The maximum atomic E-state index is 12.1. The van der Waals surface area contributed by atoms with Crippen LogP contribution in [0.3, 0.4) is 0 Å². The van der Waals surface area contributed by atoms with E-state index in [1.807, 2.05) is 0 Å². The first kappa shape index (κ1) is 19.2. The third kappa shape index (κ3) is 5.44. The van der Waals surface area contributed by atoms with E-state index in [0.29, 0.717) is 24.3 Å². The van der Waals surface area contributed by atoms with Crippen molar-refractivity contribution in [2.45, 2.75) is 26.4 Å². The van der Waals surface area contributed by atoms with Crippen molar-refractivity contribution in [1.82, 2.24) is 5.32 Å². The maximum Gasteiger partial charge on any atom is 0.335 e. The van der Waals surface area contributed by atoms with Crippen LogP contribution < -0.4 is 10.1 Å². The molecule has 0 aliphatic carbocycles. The largest absolute Gasteiger partial charge is 0.481 e. The van der Waals surface area contributed by atoms with Crippen LogP contribution >= 0.6 is 0 Å². The number of benzene rings is 2. The molecule has 0 radical (unpaired) electrons. The van der Waals surface area contributed by atoms with E-state index in [4.69, 9.17) is 9.84 Å². The van der Waals surface area contributed by atoms with Crippen LogP contribution in [-0.2, 0) is 11.2 Å². The van der Waals surface area contributed by atoms with E-state index in [9.17, 15) is 14.4 Å². The zero-order valence-electron chi connectivity index (χ0n) is 14.7. The molecule has 0 aromatic heterocycles. The van der Waals surface area contributed by atoms with Gasteiger partial charge in [0, 0.05) is 12.1 Å². The normalized spacial score (nSPS) is 11.5. The zero-order valence-corrected chi connectivity index (χ0v) is 14.7. The summed E-state index contributed by atoms with van der Waals surface area (Å²) < 4.78 is 5.58. The number of rotatable bonds is 8. The summed E-state index contributed by atoms with van der Waals surface area (Å²) in [6, 6.07) is 13.2. The van der Waals surface area contributed by atoms with Gasteiger partial charge in [-0.2, -0.15) is 0 Å². The van der Waals surface area contributed by atoms with E-state index in [1.165, 1.54) is 19.1 Å². The SMILES string of the molecule is CC(=O)c1cccc(OC(C)C(=O)NCCc2ccc(C(=O)O)cc2)c1. The van der Waals surface area contributed by atoms with Gasteiger partial charge in [-0.15, -0.1) is 0 Å². The number of ketones is 1. The van der Waals surface area contributed by atoms with Gasteiger partial charge >= 0.3 is 5.97 Å². The third-order valence-electron chi connectivity index (χ3n) is 3.84. The van der Waals surface area contributed by atoms with Gasteiger partial charge in [0.15, 0.2) is 11.9 Å². The first-order valence-electron chi connectivity index (χ1n) is 8.24. The molecule has 0 aliphatic rings. The molecule has 0 saturated heterocycles. The van der Waals surface area contributed by atoms with Crippen LogP contribution in [0.25, 0.3) is 0 Å². The van der Waals surface area contributed by atoms with E-state index >= 15 is 0 Å². The lowest BCUT2D eigenvalue weighted by Crippen LogP contribution is -2.37. The Balaban J connectivity index is 1.82. The van der Waals surface area contributed by atoms with Crippen LogP contribution in [0.1, 0.15) is 40.1 Å². The van der Waals surface area contributed by atoms with E-state index in [1.54, 1.807) is 43.3 Å². The molecular formula is C20H21NO5. The van der Waals surface area contributed by atoms with E-state index < -0.39 is 12.1 Å². The Morgan fingerprint density at radius 3 is 2.38 bits per heavy atom. The van der Waals surface area contributed by atoms with Crippen molar-refractivity contribution >= 4 is 17.7 Å². The van der Waals surface area contributed by atoms with Crippen LogP contribution in [0, 0.1) is 0 Å². The van der Waals surface area contributed by atoms with E-state index in [0.717, 1.165) is 5.56 Å². The monoisotopic (exact) mass is 355 g/mol. The molecule has 1 atom stereocenters. The average molecular weight is 355 g/mol. The number of carboxylic acid groups (broad SMARTS) is 1. The highest BCUT2D eigenvalue weighted by molar-refractivity contribution is 5.94. The molecule has 6 heteroatoms. The predicted octanol–water partition coefficient (Wildman–Crippen LogP) is 2.71. The molecule has 0 fully saturated rings. The van der Waals surface area contributed by atoms with Gasteiger partial charge in [0.05, 0.1) is 5.56 Å². The fourth-order valence-electron chi connectivity index (χ4n) is 2.33. The Hall–Kier alpha value is -3.15. The molecule has 2 N–H and O–H groups in total. The third-order valence-corrected chi connectivity index (χ3v) is 3.84. The molecule has 0 bridgehead atoms. The first-order chi connectivity index (χ1) is 12.4. The highest BCUT2D eigenvalue weighted by Crippen LogP contribution is 2.15. The minimum absolute atomic E-state index is 0.0681. The van der Waals surface area contributed by atoms with Gasteiger partial charge < -0.3 is 15.2 Å². The van der Waals surface area contributed by atoms with Crippen molar-refractivity contribution in [1.29, 1.82) is 0 Å². The molecule has 1 amide bonds. The number of carbonyl (C=O) groups is 3. The quantitative estimate of drug-likeness (QED) is 0.710. The Morgan fingerprint density at radius 1 is 1.08 bits per heavy atom. The van der Waals surface area contributed by atoms with Crippen molar-refractivity contribution in [2.75, 3.05) is 6.54 Å². The van der Waals surface area contributed by atoms with Crippen molar-refractivity contribution in [3.05, 3.63) is 65.2 Å². The molecule has 2 aromatic carbocycles. The second-order valence-electron chi connectivity index (χ2n) is 5.89. The number of ether oxygens (including phenoxy) is 1. The molecular weight excluding hydrogens is 334 g/mol. The van der Waals surface area contributed by atoms with Gasteiger partial charge in [0.2, 0.25) is 0 Å². The lowest BCUT2D eigenvalue weighted by atomic mass is 10.1. The first-order valence-corrected chi connectivity index (χ1v) is 8.24. The average Bonchev–Trinajstić information content (AvgIpc) is 2.62. The van der Waals surface area contributed by atoms with Crippen LogP contribution in [0.5, 0.6) is 5.75 Å². The number of carbonyl (C=O) groups excluding carboxylic acids is 2. The minimum Gasteiger partial charge on any atom is -0.481 e. The highest BCUT2D eigenvalue weighted by atomic mass is 16.5. The zero-order chi connectivity index (χ0) is 19.1. The molecule has 0 saturated carbocycles. The molecule has 0 spiro atoms. The second-order valence-corrected chi connectivity index (χ2v) is 5.89. The standard InChI is InChI=1S/C20H21NO5/c1-13(22)17-4-3-5-18(12-17)26-14(2)19(23)21-11-10-15-6-8-16(9-7-15)20(24)25/h3-9,12,14H,10-11H2,1-2H3,(H,21,23)(H,24,25). The smallest absolute Gasteiger partial charge is 0.335 e. The molecule has 2 aromatic rings. The fraction of sp³-hybridized carbons (Fsp3) is 0.250. The molecule has 6 nitrogen and oxygen atoms in total. The van der Waals surface area contributed by atoms with Gasteiger partial charge in [-0.25, -0.2) is 4.79 Å². The Labute approximate surface area is 151 Å². The van der Waals surface area contributed by atoms with Crippen molar-refractivity contribution in [3.63, 3.8) is 0 Å². The van der Waals surface area contributed by atoms with Crippen LogP contribution in [0.2, 0.25) is 0 Å². The second kappa shape index (κ2) is 8.80. The lowest BCUT2D eigenvalue weighted by Gasteiger charge is -2.15. The van der Waals surface area contributed by atoms with Gasteiger partial charge in [0.25, 0.3) is 5.91 Å². The molecule has 0 aliphatic heterocycles. The number of hydrogen-bond acceptors (Lipinski definition) is 4. The summed E-state index contributed by atoms with van der Waals surface area (Å²) in [6.07, 6.45) is -0.121. The summed E-state index contributed by atoms with van der Waals surface area (Å²) in [5.41, 5.74) is 1.69. The molecule has 2 rings (SSSR count). The minimum atomic E-state index is -0.968. The fourth-order valence-corrected chi connectivity index (χ4v) is 2.33. The highest BCUT2D eigenvalue weighted by Gasteiger charge is 2.14. The summed E-state index contributed by atoms with van der Waals surface area (Å²) in [4.78, 5) is 34.3. The number of amides is 1. The van der Waals surface area contributed by atoms with Gasteiger partial charge in [-0.3, -0.25) is 9.59 Å². The van der Waals surface area contributed by atoms with Gasteiger partial charge in [0.1, 0.15) is 5.75 Å². The van der Waals surface area contributed by atoms with Gasteiger partial charge in [-0.05, 0) is 50.1 Å². The van der Waals surface area contributed by atoms with E-state index in [-0.39, 0.29) is 17.3 Å². The van der Waals surface area contributed by atoms with Crippen molar-refractivity contribution in [2.24, 2.45) is 0 Å². The molecule has 136 valence electrons. The summed E-state index contributed by atoms with van der Waals surface area (Å²) in [6.45, 7) is 3.52. The van der Waals surface area contributed by atoms with Crippen LogP contribution in [0.15, 0.2) is 48.5 Å². The number of carboxylic acids is 1. The van der Waals surface area contributed by atoms with Crippen molar-refractivity contribution < 1.29 is 24.2 Å². The summed E-state index contributed by atoms with van der Waals surface area (Å²) in [5.74, 6) is -0.837. The predicted molar refractivity (Wildman–Crippen MR) is 96.7 cm³/mol. The van der Waals surface area contributed by atoms with Crippen LogP contribution in [-0.4, -0.2) is 35.4 Å². The molecule has 0 heterocycles. The number of nitrogens with one attached hydrogen (secondary N) is 1. The maximum absolute atomic E-state index is 12.1. The Kier molecular flexibility index (Phi) is 6.49. The Bertz CT molecular complexity index is 798. The summed E-state index contributed by atoms with van der Waals surface area (Å²) in [7, 11) is 0. The lowest BCUT2D eigenvalue weighted by molar-refractivity contribution is -0.127. The van der Waals surface area contributed by atoms with Crippen LogP contribution in [0.4, 0.5) is 0 Å². The number of Topliss-reactive ketones (excluding diaryl/α,β-unsaturated/α-hetero) is 1. The number of aromatic carboxylic acids is 1. The van der Waals surface area contributed by atoms with Gasteiger partial charge in [-0.1, -0.05) is 24.3 Å². The topological polar surface area (TPSA) is 92.7 Å².